The fraction of sp³-hybridized carbons (Fsp3) is 0.500. The molecule has 0 unspecified atom stereocenters. The summed E-state index contributed by atoms with van der Waals surface area (Å²) in [6, 6.07) is 1.98. The topological polar surface area (TPSA) is 81.6 Å². The second-order valence-electron chi connectivity index (χ2n) is 6.43. The SMILES string of the molecule is Cc1cc(C)n2ncc(-c3nnc([C@H]4CN(C)C[C@@H](C)O4)o3)c2n1. The highest BCUT2D eigenvalue weighted by Crippen LogP contribution is 2.28. The number of aryl methyl sites for hydroxylation is 2. The number of hydrogen-bond donors (Lipinski definition) is 0. The summed E-state index contributed by atoms with van der Waals surface area (Å²) in [5.41, 5.74) is 3.39. The highest BCUT2D eigenvalue weighted by atomic mass is 16.5. The number of likely N-dealkylation sites (N-methyl/N-ethyl adjacent to an activating group) is 1. The zero-order valence-electron chi connectivity index (χ0n) is 14.2. The summed E-state index contributed by atoms with van der Waals surface area (Å²) in [5.74, 6) is 0.911. The van der Waals surface area contributed by atoms with Crippen molar-refractivity contribution in [3.05, 3.63) is 29.5 Å². The van der Waals surface area contributed by atoms with Crippen molar-refractivity contribution < 1.29 is 9.15 Å². The Balaban J connectivity index is 1.70. The molecule has 0 aromatic carbocycles. The summed E-state index contributed by atoms with van der Waals surface area (Å²) in [5, 5.41) is 12.7. The normalized spacial score (nSPS) is 22.3. The molecule has 0 saturated carbocycles. The van der Waals surface area contributed by atoms with Crippen LogP contribution in [0.2, 0.25) is 0 Å². The van der Waals surface area contributed by atoms with Crippen molar-refractivity contribution in [3.63, 3.8) is 0 Å². The first-order valence-electron chi connectivity index (χ1n) is 8.01. The molecule has 0 radical (unpaired) electrons. The largest absolute Gasteiger partial charge is 0.418 e. The van der Waals surface area contributed by atoms with Gasteiger partial charge in [-0.05, 0) is 33.9 Å². The van der Waals surface area contributed by atoms with Crippen LogP contribution in [0, 0.1) is 13.8 Å². The van der Waals surface area contributed by atoms with E-state index in [4.69, 9.17) is 9.15 Å². The van der Waals surface area contributed by atoms with E-state index in [0.717, 1.165) is 35.7 Å². The van der Waals surface area contributed by atoms with E-state index in [1.807, 2.05) is 26.8 Å². The molecule has 1 aliphatic heterocycles. The molecule has 1 aliphatic rings. The van der Waals surface area contributed by atoms with Gasteiger partial charge in [-0.1, -0.05) is 0 Å². The third-order valence-electron chi connectivity index (χ3n) is 4.17. The maximum absolute atomic E-state index is 5.92. The first-order chi connectivity index (χ1) is 11.5. The predicted octanol–water partition coefficient (Wildman–Crippen LogP) is 1.79. The van der Waals surface area contributed by atoms with Crippen LogP contribution in [0.25, 0.3) is 17.1 Å². The van der Waals surface area contributed by atoms with Crippen molar-refractivity contribution in [3.8, 4) is 11.5 Å². The molecule has 3 aromatic heterocycles. The lowest BCUT2D eigenvalue weighted by Crippen LogP contribution is -2.40. The maximum atomic E-state index is 5.92. The molecule has 0 aliphatic carbocycles. The fourth-order valence-corrected chi connectivity index (χ4v) is 3.19. The lowest BCUT2D eigenvalue weighted by Gasteiger charge is -2.32. The number of aromatic nitrogens is 5. The molecule has 24 heavy (non-hydrogen) atoms. The van der Waals surface area contributed by atoms with Crippen molar-refractivity contribution in [2.45, 2.75) is 33.0 Å². The predicted molar refractivity (Wildman–Crippen MR) is 86.5 cm³/mol. The Bertz CT molecular complexity index is 876. The van der Waals surface area contributed by atoms with Crippen LogP contribution in [0.3, 0.4) is 0 Å². The molecule has 4 heterocycles. The summed E-state index contributed by atoms with van der Waals surface area (Å²) < 4.78 is 13.6. The van der Waals surface area contributed by atoms with Gasteiger partial charge in [-0.2, -0.15) is 5.10 Å². The first-order valence-corrected chi connectivity index (χ1v) is 8.01. The highest BCUT2D eigenvalue weighted by Gasteiger charge is 2.29. The van der Waals surface area contributed by atoms with Crippen LogP contribution in [-0.4, -0.2) is 55.9 Å². The molecule has 4 rings (SSSR count). The van der Waals surface area contributed by atoms with Gasteiger partial charge in [-0.25, -0.2) is 9.50 Å². The molecule has 0 bridgehead atoms. The van der Waals surface area contributed by atoms with Crippen LogP contribution in [0.15, 0.2) is 16.7 Å². The number of nitrogens with zero attached hydrogens (tertiary/aromatic N) is 6. The zero-order valence-corrected chi connectivity index (χ0v) is 14.2. The number of ether oxygens (including phenoxy) is 1. The number of hydrogen-bond acceptors (Lipinski definition) is 7. The Morgan fingerprint density at radius 3 is 2.83 bits per heavy atom. The maximum Gasteiger partial charge on any atom is 0.253 e. The molecule has 0 spiro atoms. The Hall–Kier alpha value is -2.32. The van der Waals surface area contributed by atoms with Crippen LogP contribution in [-0.2, 0) is 4.74 Å². The van der Waals surface area contributed by atoms with Gasteiger partial charge >= 0.3 is 0 Å². The smallest absolute Gasteiger partial charge is 0.253 e. The fourth-order valence-electron chi connectivity index (χ4n) is 3.19. The van der Waals surface area contributed by atoms with Gasteiger partial charge in [0.1, 0.15) is 11.7 Å². The lowest BCUT2D eigenvalue weighted by molar-refractivity contribution is -0.0821. The van der Waals surface area contributed by atoms with Crippen LogP contribution < -0.4 is 0 Å². The van der Waals surface area contributed by atoms with Crippen molar-refractivity contribution in [1.82, 2.24) is 29.7 Å². The van der Waals surface area contributed by atoms with Gasteiger partial charge in [0, 0.05) is 24.5 Å². The van der Waals surface area contributed by atoms with E-state index in [1.54, 1.807) is 10.7 Å². The number of morpholine rings is 1. The van der Waals surface area contributed by atoms with E-state index in [2.05, 4.69) is 32.2 Å². The summed E-state index contributed by atoms with van der Waals surface area (Å²) in [4.78, 5) is 6.75. The van der Waals surface area contributed by atoms with E-state index < -0.39 is 0 Å². The van der Waals surface area contributed by atoms with Gasteiger partial charge in [0.05, 0.1) is 12.3 Å². The molecule has 1 fully saturated rings. The molecule has 126 valence electrons. The molecular formula is C16H20N6O2. The summed E-state index contributed by atoms with van der Waals surface area (Å²) in [6.45, 7) is 7.62. The summed E-state index contributed by atoms with van der Waals surface area (Å²) >= 11 is 0. The molecule has 8 nitrogen and oxygen atoms in total. The third-order valence-corrected chi connectivity index (χ3v) is 4.17. The van der Waals surface area contributed by atoms with E-state index >= 15 is 0 Å². The standard InChI is InChI=1S/C16H20N6O2/c1-9-5-10(2)22-14(18-9)12(6-17-22)15-19-20-16(24-15)13-8-21(4)7-11(3)23-13/h5-6,11,13H,7-8H2,1-4H3/t11-,13-/m1/s1. The van der Waals surface area contributed by atoms with E-state index in [9.17, 15) is 0 Å². The lowest BCUT2D eigenvalue weighted by atomic mass is 10.2. The quantitative estimate of drug-likeness (QED) is 0.709. The molecule has 3 aromatic rings. The molecule has 8 heteroatoms. The Morgan fingerprint density at radius 1 is 1.21 bits per heavy atom. The van der Waals surface area contributed by atoms with Gasteiger partial charge in [0.15, 0.2) is 5.65 Å². The van der Waals surface area contributed by atoms with Crippen LogP contribution in [0.4, 0.5) is 0 Å². The minimum atomic E-state index is -0.210. The minimum Gasteiger partial charge on any atom is -0.418 e. The second kappa shape index (κ2) is 5.64. The monoisotopic (exact) mass is 328 g/mol. The number of fused-ring (bicyclic) bond motifs is 1. The first kappa shape index (κ1) is 15.2. The van der Waals surface area contributed by atoms with Crippen molar-refractivity contribution in [1.29, 1.82) is 0 Å². The third kappa shape index (κ3) is 2.57. The molecule has 2 atom stereocenters. The van der Waals surface area contributed by atoms with Gasteiger partial charge in [0.25, 0.3) is 5.89 Å². The van der Waals surface area contributed by atoms with Crippen molar-refractivity contribution in [2.75, 3.05) is 20.1 Å². The molecule has 0 N–H and O–H groups in total. The Kier molecular flexibility index (Phi) is 3.58. The summed E-state index contributed by atoms with van der Waals surface area (Å²) in [7, 11) is 2.06. The van der Waals surface area contributed by atoms with Gasteiger partial charge < -0.3 is 14.1 Å². The Labute approximate surface area is 139 Å². The van der Waals surface area contributed by atoms with Gasteiger partial charge in [0.2, 0.25) is 5.89 Å². The van der Waals surface area contributed by atoms with Crippen LogP contribution >= 0.6 is 0 Å². The average Bonchev–Trinajstić information content (AvgIpc) is 3.12. The van der Waals surface area contributed by atoms with E-state index in [0.29, 0.717) is 11.8 Å². The van der Waals surface area contributed by atoms with Crippen molar-refractivity contribution >= 4 is 5.65 Å². The van der Waals surface area contributed by atoms with Crippen LogP contribution in [0.5, 0.6) is 0 Å². The minimum absolute atomic E-state index is 0.132. The van der Waals surface area contributed by atoms with Gasteiger partial charge in [-0.15, -0.1) is 10.2 Å². The van der Waals surface area contributed by atoms with E-state index in [1.165, 1.54) is 0 Å². The molecule has 0 amide bonds. The van der Waals surface area contributed by atoms with E-state index in [-0.39, 0.29) is 12.2 Å². The summed E-state index contributed by atoms with van der Waals surface area (Å²) in [6.07, 6.45) is 1.63. The molecular weight excluding hydrogens is 308 g/mol. The number of rotatable bonds is 2. The van der Waals surface area contributed by atoms with Crippen LogP contribution in [0.1, 0.15) is 30.3 Å². The highest BCUT2D eigenvalue weighted by molar-refractivity contribution is 5.71. The van der Waals surface area contributed by atoms with Gasteiger partial charge in [-0.3, -0.25) is 0 Å². The second-order valence-corrected chi connectivity index (χ2v) is 6.43. The van der Waals surface area contributed by atoms with Crippen molar-refractivity contribution in [2.24, 2.45) is 0 Å². The molecule has 1 saturated heterocycles. The Morgan fingerprint density at radius 2 is 2.04 bits per heavy atom. The average molecular weight is 328 g/mol. The zero-order chi connectivity index (χ0) is 16.8.